The van der Waals surface area contributed by atoms with Crippen molar-refractivity contribution in [3.05, 3.63) is 108 Å². The van der Waals surface area contributed by atoms with Crippen LogP contribution >= 0.6 is 0 Å². The molecule has 0 radical (unpaired) electrons. The van der Waals surface area contributed by atoms with Gasteiger partial charge in [-0.3, -0.25) is 4.79 Å². The van der Waals surface area contributed by atoms with Crippen molar-refractivity contribution in [1.29, 1.82) is 0 Å². The molecule has 4 rings (SSSR count). The van der Waals surface area contributed by atoms with Crippen LogP contribution in [0.4, 0.5) is 0 Å². The van der Waals surface area contributed by atoms with Gasteiger partial charge in [0.25, 0.3) is 0 Å². The Kier molecular flexibility index (Phi) is 5.40. The van der Waals surface area contributed by atoms with Gasteiger partial charge in [0, 0.05) is 17.9 Å². The van der Waals surface area contributed by atoms with Gasteiger partial charge < -0.3 is 0 Å². The van der Waals surface area contributed by atoms with Crippen molar-refractivity contribution in [1.82, 2.24) is 0 Å². The normalized spacial score (nSPS) is 16.9. The predicted molar refractivity (Wildman–Crippen MR) is 114 cm³/mol. The van der Waals surface area contributed by atoms with E-state index in [-0.39, 0.29) is 5.92 Å². The number of carbonyl (C=O) groups excluding carboxylic acids is 1. The summed E-state index contributed by atoms with van der Waals surface area (Å²) in [6, 6.07) is 30.8. The third-order valence-corrected chi connectivity index (χ3v) is 5.71. The van der Waals surface area contributed by atoms with Crippen LogP contribution in [0.2, 0.25) is 0 Å². The van der Waals surface area contributed by atoms with E-state index in [0.29, 0.717) is 12.2 Å². The molecule has 0 saturated heterocycles. The maximum atomic E-state index is 13.1. The molecule has 3 aromatic carbocycles. The van der Waals surface area contributed by atoms with Crippen molar-refractivity contribution in [2.75, 3.05) is 0 Å². The molecule has 0 heterocycles. The highest BCUT2D eigenvalue weighted by Crippen LogP contribution is 2.44. The summed E-state index contributed by atoms with van der Waals surface area (Å²) in [5, 5.41) is 0. The average molecular weight is 364 g/mol. The maximum absolute atomic E-state index is 13.1. The first-order chi connectivity index (χ1) is 13.8. The van der Waals surface area contributed by atoms with Gasteiger partial charge in [0.05, 0.1) is 5.41 Å². The Hall–Kier alpha value is -3.11. The number of ketones is 1. The summed E-state index contributed by atoms with van der Waals surface area (Å²) in [5.74, 6) is 7.22. The van der Waals surface area contributed by atoms with Gasteiger partial charge in [-0.15, -0.1) is 0 Å². The van der Waals surface area contributed by atoms with E-state index in [0.717, 1.165) is 36.0 Å². The Morgan fingerprint density at radius 2 is 1.25 bits per heavy atom. The van der Waals surface area contributed by atoms with E-state index in [1.807, 2.05) is 66.7 Å². The minimum atomic E-state index is -0.629. The fourth-order valence-electron chi connectivity index (χ4n) is 4.34. The summed E-state index contributed by atoms with van der Waals surface area (Å²) in [6.07, 6.45) is 3.59. The molecule has 28 heavy (non-hydrogen) atoms. The summed E-state index contributed by atoms with van der Waals surface area (Å²) in [7, 11) is 0. The van der Waals surface area contributed by atoms with E-state index in [1.165, 1.54) is 0 Å². The van der Waals surface area contributed by atoms with Gasteiger partial charge in [-0.2, -0.15) is 0 Å². The summed E-state index contributed by atoms with van der Waals surface area (Å²) >= 11 is 0. The van der Waals surface area contributed by atoms with Crippen LogP contribution in [-0.4, -0.2) is 5.78 Å². The van der Waals surface area contributed by atoms with E-state index < -0.39 is 5.41 Å². The summed E-state index contributed by atoms with van der Waals surface area (Å²) < 4.78 is 0. The zero-order valence-electron chi connectivity index (χ0n) is 16.0. The van der Waals surface area contributed by atoms with Crippen molar-refractivity contribution in [3.8, 4) is 11.8 Å². The highest BCUT2D eigenvalue weighted by atomic mass is 16.1. The van der Waals surface area contributed by atoms with Crippen LogP contribution in [0.25, 0.3) is 0 Å². The number of hydrogen-bond acceptors (Lipinski definition) is 1. The molecule has 1 nitrogen and oxygen atoms in total. The summed E-state index contributed by atoms with van der Waals surface area (Å²) in [4.78, 5) is 13.1. The minimum absolute atomic E-state index is 0.123. The highest BCUT2D eigenvalue weighted by molar-refractivity contribution is 5.85. The van der Waals surface area contributed by atoms with Crippen LogP contribution < -0.4 is 0 Å². The van der Waals surface area contributed by atoms with Crippen LogP contribution in [0.15, 0.2) is 91.0 Å². The number of hydrogen-bond donors (Lipinski definition) is 0. The smallest absolute Gasteiger partial charge is 0.138 e. The third kappa shape index (κ3) is 3.51. The van der Waals surface area contributed by atoms with Gasteiger partial charge in [0.2, 0.25) is 0 Å². The molecule has 0 spiro atoms. The molecule has 138 valence electrons. The van der Waals surface area contributed by atoms with Crippen molar-refractivity contribution >= 4 is 5.78 Å². The van der Waals surface area contributed by atoms with E-state index in [4.69, 9.17) is 0 Å². The number of Topliss-reactive ketones (excluding diaryl/α,β-unsaturated/α-hetero) is 1. The summed E-state index contributed by atoms with van der Waals surface area (Å²) in [6.45, 7) is 0. The molecule has 1 fully saturated rings. The quantitative estimate of drug-likeness (QED) is 0.538. The predicted octanol–water partition coefficient (Wildman–Crippen LogP) is 5.78. The van der Waals surface area contributed by atoms with E-state index >= 15 is 0 Å². The largest absolute Gasteiger partial charge is 0.299 e. The van der Waals surface area contributed by atoms with Crippen LogP contribution in [-0.2, 0) is 10.2 Å². The van der Waals surface area contributed by atoms with Crippen molar-refractivity contribution in [3.63, 3.8) is 0 Å². The molecule has 1 atom stereocenters. The SMILES string of the molecule is O=C1CCCCC1C(C#Cc1ccccc1)(c1ccccc1)c1ccccc1. The van der Waals surface area contributed by atoms with Gasteiger partial charge in [0.1, 0.15) is 5.78 Å². The molecule has 0 aromatic heterocycles. The van der Waals surface area contributed by atoms with Crippen LogP contribution in [0.5, 0.6) is 0 Å². The van der Waals surface area contributed by atoms with Crippen molar-refractivity contribution in [2.24, 2.45) is 5.92 Å². The van der Waals surface area contributed by atoms with Crippen LogP contribution in [0, 0.1) is 17.8 Å². The zero-order valence-corrected chi connectivity index (χ0v) is 16.0. The topological polar surface area (TPSA) is 17.1 Å². The third-order valence-electron chi connectivity index (χ3n) is 5.71. The Bertz CT molecular complexity index is 938. The van der Waals surface area contributed by atoms with Crippen LogP contribution in [0.3, 0.4) is 0 Å². The first-order valence-corrected chi connectivity index (χ1v) is 10.0. The monoisotopic (exact) mass is 364 g/mol. The fourth-order valence-corrected chi connectivity index (χ4v) is 4.34. The lowest BCUT2D eigenvalue weighted by Gasteiger charge is -2.39. The highest BCUT2D eigenvalue weighted by Gasteiger charge is 2.45. The number of rotatable bonds is 3. The molecule has 0 aliphatic heterocycles. The van der Waals surface area contributed by atoms with Gasteiger partial charge in [-0.1, -0.05) is 97.1 Å². The van der Waals surface area contributed by atoms with E-state index in [9.17, 15) is 4.79 Å². The molecule has 0 bridgehead atoms. The average Bonchev–Trinajstić information content (AvgIpc) is 2.77. The van der Waals surface area contributed by atoms with Gasteiger partial charge in [0.15, 0.2) is 0 Å². The lowest BCUT2D eigenvalue weighted by atomic mass is 9.61. The first kappa shape index (κ1) is 18.3. The van der Waals surface area contributed by atoms with Crippen LogP contribution in [0.1, 0.15) is 42.4 Å². The molecule has 1 aliphatic rings. The molecule has 0 amide bonds. The molecule has 0 N–H and O–H groups in total. The Morgan fingerprint density at radius 3 is 1.79 bits per heavy atom. The molecule has 1 saturated carbocycles. The Labute approximate surface area is 167 Å². The second-order valence-corrected chi connectivity index (χ2v) is 7.42. The van der Waals surface area contributed by atoms with Crippen molar-refractivity contribution < 1.29 is 4.79 Å². The second kappa shape index (κ2) is 8.28. The second-order valence-electron chi connectivity index (χ2n) is 7.42. The van der Waals surface area contributed by atoms with Crippen molar-refractivity contribution in [2.45, 2.75) is 31.1 Å². The lowest BCUT2D eigenvalue weighted by molar-refractivity contribution is -0.125. The first-order valence-electron chi connectivity index (χ1n) is 10.0. The molecule has 1 unspecified atom stereocenters. The maximum Gasteiger partial charge on any atom is 0.138 e. The summed E-state index contributed by atoms with van der Waals surface area (Å²) in [5.41, 5.74) is 2.55. The standard InChI is InChI=1S/C27H24O/c28-26-19-11-10-18-25(26)27(23-14-6-2-7-15-23,24-16-8-3-9-17-24)21-20-22-12-4-1-5-13-22/h1-9,12-17,25H,10-11,18-19H2. The van der Waals surface area contributed by atoms with E-state index in [2.05, 4.69) is 36.1 Å². The molecule has 1 aliphatic carbocycles. The minimum Gasteiger partial charge on any atom is -0.299 e. The van der Waals surface area contributed by atoms with Gasteiger partial charge >= 0.3 is 0 Å². The zero-order chi connectivity index (χ0) is 19.2. The lowest BCUT2D eigenvalue weighted by Crippen LogP contribution is -2.41. The molecular formula is C27H24O. The Morgan fingerprint density at radius 1 is 0.714 bits per heavy atom. The van der Waals surface area contributed by atoms with Gasteiger partial charge in [-0.05, 0) is 36.1 Å². The number of carbonyl (C=O) groups is 1. The molecular weight excluding hydrogens is 340 g/mol. The molecule has 1 heteroatoms. The van der Waals surface area contributed by atoms with E-state index in [1.54, 1.807) is 0 Å². The fraction of sp³-hybridized carbons (Fsp3) is 0.222. The number of benzene rings is 3. The molecule has 3 aromatic rings. The Balaban J connectivity index is 1.97. The van der Waals surface area contributed by atoms with Gasteiger partial charge in [-0.25, -0.2) is 0 Å².